The first kappa shape index (κ1) is 14.3. The standard InChI is InChI=1S/C16H24O3/c1-4-10(2)16(18)19-14-9-13(17)8-12-7-5-6-11(3)15(12)14/h5,7-8,10-11,13-15,17H,4,6,9H2,1-3H3/t10-,11-,13+,14-,15?/m0/s1. The molecule has 0 radical (unpaired) electrons. The minimum absolute atomic E-state index is 0.0686. The molecule has 0 aromatic rings. The summed E-state index contributed by atoms with van der Waals surface area (Å²) in [6.45, 7) is 6.06. The first-order valence-electron chi connectivity index (χ1n) is 7.29. The summed E-state index contributed by atoms with van der Waals surface area (Å²) in [5.41, 5.74) is 1.12. The van der Waals surface area contributed by atoms with Gasteiger partial charge in [0, 0.05) is 12.3 Å². The fourth-order valence-electron chi connectivity index (χ4n) is 2.98. The van der Waals surface area contributed by atoms with Gasteiger partial charge in [0.1, 0.15) is 6.10 Å². The second-order valence-electron chi connectivity index (χ2n) is 5.90. The van der Waals surface area contributed by atoms with Gasteiger partial charge in [-0.3, -0.25) is 4.79 Å². The molecule has 19 heavy (non-hydrogen) atoms. The fraction of sp³-hybridized carbons (Fsp3) is 0.688. The number of allylic oxidation sites excluding steroid dienone is 2. The third-order valence-electron chi connectivity index (χ3n) is 4.36. The number of hydrogen-bond acceptors (Lipinski definition) is 3. The van der Waals surface area contributed by atoms with Crippen LogP contribution in [-0.2, 0) is 9.53 Å². The molecule has 3 heteroatoms. The highest BCUT2D eigenvalue weighted by Gasteiger charge is 2.38. The summed E-state index contributed by atoms with van der Waals surface area (Å²) in [4.78, 5) is 12.0. The van der Waals surface area contributed by atoms with E-state index in [0.29, 0.717) is 12.3 Å². The number of esters is 1. The van der Waals surface area contributed by atoms with Crippen LogP contribution in [0.4, 0.5) is 0 Å². The lowest BCUT2D eigenvalue weighted by atomic mass is 9.72. The minimum Gasteiger partial charge on any atom is -0.461 e. The Morgan fingerprint density at radius 1 is 1.58 bits per heavy atom. The second-order valence-corrected chi connectivity index (χ2v) is 5.90. The minimum atomic E-state index is -0.504. The van der Waals surface area contributed by atoms with Crippen LogP contribution in [-0.4, -0.2) is 23.3 Å². The zero-order chi connectivity index (χ0) is 14.0. The van der Waals surface area contributed by atoms with Crippen molar-refractivity contribution in [3.05, 3.63) is 23.8 Å². The van der Waals surface area contributed by atoms with Crippen LogP contribution >= 0.6 is 0 Å². The number of carbonyl (C=O) groups excluding carboxylic acids is 1. The molecule has 0 bridgehead atoms. The van der Waals surface area contributed by atoms with E-state index >= 15 is 0 Å². The van der Waals surface area contributed by atoms with Crippen LogP contribution in [0.5, 0.6) is 0 Å². The van der Waals surface area contributed by atoms with Crippen LogP contribution in [0.2, 0.25) is 0 Å². The molecule has 0 saturated carbocycles. The van der Waals surface area contributed by atoms with Crippen molar-refractivity contribution < 1.29 is 14.6 Å². The smallest absolute Gasteiger partial charge is 0.308 e. The molecular weight excluding hydrogens is 240 g/mol. The lowest BCUT2D eigenvalue weighted by molar-refractivity contribution is -0.158. The molecule has 0 aromatic carbocycles. The Morgan fingerprint density at radius 3 is 3.00 bits per heavy atom. The Labute approximate surface area is 115 Å². The average molecular weight is 264 g/mol. The van der Waals surface area contributed by atoms with Crippen molar-refractivity contribution in [2.45, 2.75) is 52.2 Å². The number of carbonyl (C=O) groups is 1. The van der Waals surface area contributed by atoms with Crippen molar-refractivity contribution >= 4 is 5.97 Å². The largest absolute Gasteiger partial charge is 0.461 e. The molecule has 0 saturated heterocycles. The molecule has 5 atom stereocenters. The Morgan fingerprint density at radius 2 is 2.32 bits per heavy atom. The summed E-state index contributed by atoms with van der Waals surface area (Å²) in [7, 11) is 0. The predicted molar refractivity (Wildman–Crippen MR) is 74.5 cm³/mol. The van der Waals surface area contributed by atoms with E-state index in [2.05, 4.69) is 19.1 Å². The van der Waals surface area contributed by atoms with Crippen LogP contribution in [0.1, 0.15) is 40.0 Å². The van der Waals surface area contributed by atoms with Crippen molar-refractivity contribution in [1.82, 2.24) is 0 Å². The van der Waals surface area contributed by atoms with E-state index in [9.17, 15) is 9.90 Å². The van der Waals surface area contributed by atoms with Crippen LogP contribution in [0.3, 0.4) is 0 Å². The highest BCUT2D eigenvalue weighted by molar-refractivity contribution is 5.72. The Bertz CT molecular complexity index is 397. The van der Waals surface area contributed by atoms with E-state index in [-0.39, 0.29) is 23.9 Å². The maximum absolute atomic E-state index is 12.0. The van der Waals surface area contributed by atoms with Gasteiger partial charge in [-0.1, -0.05) is 39.0 Å². The van der Waals surface area contributed by atoms with Gasteiger partial charge in [0.25, 0.3) is 0 Å². The fourth-order valence-corrected chi connectivity index (χ4v) is 2.98. The number of fused-ring (bicyclic) bond motifs is 1. The Kier molecular flexibility index (Phi) is 4.46. The lowest BCUT2D eigenvalue weighted by Crippen LogP contribution is -2.40. The first-order valence-corrected chi connectivity index (χ1v) is 7.29. The molecule has 0 aromatic heterocycles. The van der Waals surface area contributed by atoms with E-state index in [4.69, 9.17) is 4.74 Å². The van der Waals surface area contributed by atoms with Crippen molar-refractivity contribution in [3.8, 4) is 0 Å². The van der Waals surface area contributed by atoms with Gasteiger partial charge in [-0.2, -0.15) is 0 Å². The van der Waals surface area contributed by atoms with E-state index < -0.39 is 6.10 Å². The molecule has 0 heterocycles. The Hall–Kier alpha value is -1.09. The topological polar surface area (TPSA) is 46.5 Å². The van der Waals surface area contributed by atoms with E-state index in [1.807, 2.05) is 19.9 Å². The summed E-state index contributed by atoms with van der Waals surface area (Å²) < 4.78 is 5.68. The molecule has 2 rings (SSSR count). The Balaban J connectivity index is 2.14. The summed E-state index contributed by atoms with van der Waals surface area (Å²) in [6.07, 6.45) is 7.74. The average Bonchev–Trinajstić information content (AvgIpc) is 2.37. The van der Waals surface area contributed by atoms with Crippen LogP contribution in [0.25, 0.3) is 0 Å². The molecule has 106 valence electrons. The molecule has 3 nitrogen and oxygen atoms in total. The van der Waals surface area contributed by atoms with Gasteiger partial charge in [-0.25, -0.2) is 0 Å². The number of aliphatic hydroxyl groups excluding tert-OH is 1. The molecule has 0 amide bonds. The molecule has 2 aliphatic carbocycles. The van der Waals surface area contributed by atoms with E-state index in [1.165, 1.54) is 0 Å². The number of ether oxygens (including phenoxy) is 1. The number of hydrogen-bond donors (Lipinski definition) is 1. The van der Waals surface area contributed by atoms with Crippen LogP contribution < -0.4 is 0 Å². The molecule has 1 N–H and O–H groups in total. The monoisotopic (exact) mass is 264 g/mol. The number of aliphatic hydroxyl groups is 1. The lowest BCUT2D eigenvalue weighted by Gasteiger charge is -2.39. The highest BCUT2D eigenvalue weighted by Crippen LogP contribution is 2.39. The zero-order valence-corrected chi connectivity index (χ0v) is 12.0. The molecule has 2 aliphatic rings. The van der Waals surface area contributed by atoms with Gasteiger partial charge < -0.3 is 9.84 Å². The molecule has 0 fully saturated rings. The van der Waals surface area contributed by atoms with Crippen molar-refractivity contribution in [1.29, 1.82) is 0 Å². The van der Waals surface area contributed by atoms with E-state index in [1.54, 1.807) is 0 Å². The predicted octanol–water partition coefficient (Wildman–Crippen LogP) is 2.85. The quantitative estimate of drug-likeness (QED) is 0.797. The molecule has 0 spiro atoms. The maximum Gasteiger partial charge on any atom is 0.308 e. The summed E-state index contributed by atoms with van der Waals surface area (Å²) in [5.74, 6) is 0.489. The van der Waals surface area contributed by atoms with Crippen LogP contribution in [0.15, 0.2) is 23.8 Å². The van der Waals surface area contributed by atoms with Gasteiger partial charge in [0.15, 0.2) is 0 Å². The van der Waals surface area contributed by atoms with Crippen molar-refractivity contribution in [2.75, 3.05) is 0 Å². The zero-order valence-electron chi connectivity index (χ0n) is 12.0. The van der Waals surface area contributed by atoms with Gasteiger partial charge in [0.2, 0.25) is 0 Å². The number of rotatable bonds is 3. The summed E-state index contributed by atoms with van der Waals surface area (Å²) in [5, 5.41) is 9.91. The third kappa shape index (κ3) is 3.08. The maximum atomic E-state index is 12.0. The summed E-state index contributed by atoms with van der Waals surface area (Å²) in [6, 6.07) is 0. The van der Waals surface area contributed by atoms with Crippen molar-refractivity contribution in [2.24, 2.45) is 17.8 Å². The SMILES string of the molecule is CC[C@H](C)C(=O)O[C@H]1C[C@H](O)C=C2C=CC[C@H](C)C21. The summed E-state index contributed by atoms with van der Waals surface area (Å²) >= 11 is 0. The second kappa shape index (κ2) is 5.91. The molecular formula is C16H24O3. The van der Waals surface area contributed by atoms with Gasteiger partial charge in [0.05, 0.1) is 12.0 Å². The first-order chi connectivity index (χ1) is 9.02. The molecule has 0 aliphatic heterocycles. The van der Waals surface area contributed by atoms with Gasteiger partial charge in [-0.05, 0) is 24.3 Å². The third-order valence-corrected chi connectivity index (χ3v) is 4.36. The highest BCUT2D eigenvalue weighted by atomic mass is 16.5. The molecule has 1 unspecified atom stereocenters. The van der Waals surface area contributed by atoms with Crippen molar-refractivity contribution in [3.63, 3.8) is 0 Å². The van der Waals surface area contributed by atoms with Gasteiger partial charge in [-0.15, -0.1) is 0 Å². The van der Waals surface area contributed by atoms with E-state index in [0.717, 1.165) is 18.4 Å². The van der Waals surface area contributed by atoms with Gasteiger partial charge >= 0.3 is 5.97 Å². The normalized spacial score (nSPS) is 35.3. The van der Waals surface area contributed by atoms with Crippen LogP contribution in [0, 0.1) is 17.8 Å².